The minimum absolute atomic E-state index is 0.0347. The van der Waals surface area contributed by atoms with Gasteiger partial charge in [0.1, 0.15) is 11.6 Å². The van der Waals surface area contributed by atoms with Gasteiger partial charge in [-0.2, -0.15) is 0 Å². The molecule has 0 spiro atoms. The fraction of sp³-hybridized carbons (Fsp3) is 0.321. The molecule has 2 aromatic carbocycles. The molecule has 0 fully saturated rings. The van der Waals surface area contributed by atoms with Gasteiger partial charge in [-0.1, -0.05) is 47.6 Å². The van der Waals surface area contributed by atoms with Gasteiger partial charge < -0.3 is 14.9 Å². The number of fused-ring (bicyclic) bond motifs is 3. The van der Waals surface area contributed by atoms with Crippen molar-refractivity contribution >= 4 is 11.7 Å². The molecule has 0 aliphatic carbocycles. The van der Waals surface area contributed by atoms with Crippen LogP contribution in [-0.2, 0) is 19.3 Å². The predicted octanol–water partition coefficient (Wildman–Crippen LogP) is 2.87. The lowest BCUT2D eigenvalue weighted by Gasteiger charge is -2.16. The summed E-state index contributed by atoms with van der Waals surface area (Å²) in [6.45, 7) is 6.20. The Hall–Kier alpha value is -4.35. The first-order chi connectivity index (χ1) is 19.0. The number of hydrogen-bond donors (Lipinski definition) is 4. The SMILES string of the molecule is CCNC(=O)NNC1N=C(c2ccccc2)c2ccc(CCO)cc2-n2c(CCc3c(C)noc3C)nnc21. The number of amides is 2. The minimum Gasteiger partial charge on any atom is -0.396 e. The van der Waals surface area contributed by atoms with Crippen LogP contribution in [0, 0.1) is 13.8 Å². The van der Waals surface area contributed by atoms with E-state index in [2.05, 4.69) is 37.6 Å². The first kappa shape index (κ1) is 26.3. The Balaban J connectivity index is 1.64. The van der Waals surface area contributed by atoms with E-state index in [0.29, 0.717) is 31.6 Å². The van der Waals surface area contributed by atoms with E-state index in [0.717, 1.165) is 50.9 Å². The van der Waals surface area contributed by atoms with E-state index < -0.39 is 6.17 Å². The molecule has 3 heterocycles. The third-order valence-corrected chi connectivity index (χ3v) is 6.70. The van der Waals surface area contributed by atoms with Crippen molar-refractivity contribution in [2.75, 3.05) is 13.2 Å². The van der Waals surface area contributed by atoms with Crippen LogP contribution < -0.4 is 16.2 Å². The van der Waals surface area contributed by atoms with Crippen molar-refractivity contribution in [3.05, 3.63) is 93.9 Å². The van der Waals surface area contributed by atoms with Crippen molar-refractivity contribution in [2.24, 2.45) is 4.99 Å². The Kier molecular flexibility index (Phi) is 7.80. The number of rotatable bonds is 9. The lowest BCUT2D eigenvalue weighted by molar-refractivity contribution is 0.234. The van der Waals surface area contributed by atoms with Crippen molar-refractivity contribution < 1.29 is 14.4 Å². The topological polar surface area (TPSA) is 142 Å². The molecule has 0 saturated carbocycles. The third-order valence-electron chi connectivity index (χ3n) is 6.70. The maximum atomic E-state index is 12.3. The second-order valence-electron chi connectivity index (χ2n) is 9.31. The highest BCUT2D eigenvalue weighted by Crippen LogP contribution is 2.31. The van der Waals surface area contributed by atoms with Crippen molar-refractivity contribution in [1.82, 2.24) is 36.1 Å². The Morgan fingerprint density at radius 2 is 1.90 bits per heavy atom. The molecule has 202 valence electrons. The van der Waals surface area contributed by atoms with Gasteiger partial charge in [0.25, 0.3) is 0 Å². The highest BCUT2D eigenvalue weighted by molar-refractivity contribution is 6.15. The third kappa shape index (κ3) is 5.45. The summed E-state index contributed by atoms with van der Waals surface area (Å²) < 4.78 is 7.36. The molecule has 2 amide bonds. The average molecular weight is 529 g/mol. The number of urea groups is 1. The van der Waals surface area contributed by atoms with Gasteiger partial charge in [-0.15, -0.1) is 10.2 Å². The lowest BCUT2D eigenvalue weighted by Crippen LogP contribution is -2.45. The monoisotopic (exact) mass is 528 g/mol. The summed E-state index contributed by atoms with van der Waals surface area (Å²) in [4.78, 5) is 17.3. The van der Waals surface area contributed by atoms with E-state index in [1.54, 1.807) is 0 Å². The minimum atomic E-state index is -0.725. The van der Waals surface area contributed by atoms with E-state index in [9.17, 15) is 9.90 Å². The number of benzene rings is 2. The summed E-state index contributed by atoms with van der Waals surface area (Å²) in [5, 5.41) is 25.6. The second-order valence-corrected chi connectivity index (χ2v) is 9.31. The standard InChI is InChI=1S/C28H32N8O3/c1-4-29-28(38)34-32-26-27-33-31-24(13-12-21-17(2)35-39-18(21)3)36(27)23-16-19(14-15-37)10-11-22(23)25(30-26)20-8-6-5-7-9-20/h5-11,16,26,32,37H,4,12-15H2,1-3H3,(H2,29,34,38). The predicted molar refractivity (Wildman–Crippen MR) is 146 cm³/mol. The molecule has 11 nitrogen and oxygen atoms in total. The molecule has 1 aliphatic heterocycles. The maximum absolute atomic E-state index is 12.3. The van der Waals surface area contributed by atoms with Crippen molar-refractivity contribution in [3.8, 4) is 5.69 Å². The first-order valence-corrected chi connectivity index (χ1v) is 13.0. The van der Waals surface area contributed by atoms with E-state index in [1.807, 2.05) is 67.8 Å². The van der Waals surface area contributed by atoms with Crippen LogP contribution in [0.4, 0.5) is 4.79 Å². The van der Waals surface area contributed by atoms with Crippen LogP contribution in [0.5, 0.6) is 0 Å². The number of aryl methyl sites for hydroxylation is 3. The van der Waals surface area contributed by atoms with E-state index in [4.69, 9.17) is 9.52 Å². The molecule has 1 aliphatic rings. The van der Waals surface area contributed by atoms with E-state index >= 15 is 0 Å². The molecular formula is C28H32N8O3. The zero-order valence-electron chi connectivity index (χ0n) is 22.2. The summed E-state index contributed by atoms with van der Waals surface area (Å²) in [6.07, 6.45) is 1.04. The second kappa shape index (κ2) is 11.6. The molecule has 4 aromatic rings. The van der Waals surface area contributed by atoms with Crippen molar-refractivity contribution in [3.63, 3.8) is 0 Å². The number of aromatic nitrogens is 4. The van der Waals surface area contributed by atoms with Crippen LogP contribution in [0.2, 0.25) is 0 Å². The Morgan fingerprint density at radius 1 is 1.08 bits per heavy atom. The normalized spacial score (nSPS) is 14.3. The summed E-state index contributed by atoms with van der Waals surface area (Å²) in [5.41, 5.74) is 12.0. The molecule has 0 radical (unpaired) electrons. The highest BCUT2D eigenvalue weighted by Gasteiger charge is 2.29. The summed E-state index contributed by atoms with van der Waals surface area (Å²) in [6, 6.07) is 15.6. The fourth-order valence-corrected chi connectivity index (χ4v) is 4.79. The maximum Gasteiger partial charge on any atom is 0.329 e. The molecular weight excluding hydrogens is 496 g/mol. The number of hydrogen-bond acceptors (Lipinski definition) is 8. The Labute approximate surface area is 226 Å². The number of nitrogens with zero attached hydrogens (tertiary/aromatic N) is 5. The number of carbonyl (C=O) groups is 1. The fourth-order valence-electron chi connectivity index (χ4n) is 4.79. The van der Waals surface area contributed by atoms with Crippen molar-refractivity contribution in [1.29, 1.82) is 0 Å². The lowest BCUT2D eigenvalue weighted by atomic mass is 9.98. The number of carbonyl (C=O) groups excluding carboxylic acids is 1. The van der Waals surface area contributed by atoms with Gasteiger partial charge in [-0.25, -0.2) is 10.2 Å². The van der Waals surface area contributed by atoms with Crippen molar-refractivity contribution in [2.45, 2.75) is 46.2 Å². The van der Waals surface area contributed by atoms with Gasteiger partial charge in [0.2, 0.25) is 0 Å². The van der Waals surface area contributed by atoms with Crippen LogP contribution in [0.1, 0.15) is 58.4 Å². The number of aliphatic hydroxyl groups is 1. The van der Waals surface area contributed by atoms with Crippen LogP contribution >= 0.6 is 0 Å². The Morgan fingerprint density at radius 3 is 2.62 bits per heavy atom. The quantitative estimate of drug-likeness (QED) is 0.245. The zero-order valence-corrected chi connectivity index (χ0v) is 22.2. The molecule has 1 unspecified atom stereocenters. The van der Waals surface area contributed by atoms with Crippen LogP contribution in [0.25, 0.3) is 5.69 Å². The van der Waals surface area contributed by atoms with Gasteiger partial charge in [-0.05, 0) is 45.2 Å². The summed E-state index contributed by atoms with van der Waals surface area (Å²) in [7, 11) is 0. The molecule has 5 rings (SSSR count). The highest BCUT2D eigenvalue weighted by atomic mass is 16.5. The number of aliphatic hydroxyl groups excluding tert-OH is 1. The first-order valence-electron chi connectivity index (χ1n) is 13.0. The van der Waals surface area contributed by atoms with Crippen LogP contribution in [0.3, 0.4) is 0 Å². The average Bonchev–Trinajstić information content (AvgIpc) is 3.46. The number of hydrazine groups is 1. The van der Waals surface area contributed by atoms with Gasteiger partial charge in [0.05, 0.1) is 17.1 Å². The Bertz CT molecular complexity index is 1470. The molecule has 0 bridgehead atoms. The molecule has 2 aromatic heterocycles. The van der Waals surface area contributed by atoms with E-state index in [-0.39, 0.29) is 12.6 Å². The van der Waals surface area contributed by atoms with Gasteiger partial charge >= 0.3 is 6.03 Å². The summed E-state index contributed by atoms with van der Waals surface area (Å²) in [5.74, 6) is 2.06. The zero-order chi connectivity index (χ0) is 27.4. The van der Waals surface area contributed by atoms with Crippen LogP contribution in [-0.4, -0.2) is 49.9 Å². The summed E-state index contributed by atoms with van der Waals surface area (Å²) >= 11 is 0. The molecule has 39 heavy (non-hydrogen) atoms. The molecule has 4 N–H and O–H groups in total. The molecule has 11 heteroatoms. The number of nitrogens with one attached hydrogen (secondary N) is 3. The van der Waals surface area contributed by atoms with Gasteiger partial charge in [0, 0.05) is 36.3 Å². The van der Waals surface area contributed by atoms with Crippen LogP contribution in [0.15, 0.2) is 58.0 Å². The van der Waals surface area contributed by atoms with Gasteiger partial charge in [-0.3, -0.25) is 15.0 Å². The smallest absolute Gasteiger partial charge is 0.329 e. The van der Waals surface area contributed by atoms with E-state index in [1.165, 1.54) is 0 Å². The van der Waals surface area contributed by atoms with Gasteiger partial charge in [0.15, 0.2) is 12.0 Å². The molecule has 1 atom stereocenters. The largest absolute Gasteiger partial charge is 0.396 e. The molecule has 0 saturated heterocycles. The number of aliphatic imine (C=N–C) groups is 1.